The molecule has 2 aliphatic rings. The average molecular weight is 381 g/mol. The Hall–Kier alpha value is -2.35. The van der Waals surface area contributed by atoms with Crippen LogP contribution in [-0.2, 0) is 0 Å². The molecule has 5 heteroatoms. The molecule has 0 aliphatic carbocycles. The van der Waals surface area contributed by atoms with Crippen molar-refractivity contribution in [1.29, 1.82) is 0 Å². The van der Waals surface area contributed by atoms with Gasteiger partial charge in [-0.25, -0.2) is 0 Å². The number of non-ortho nitro benzene ring substituents is 1. The van der Waals surface area contributed by atoms with Crippen molar-refractivity contribution in [1.82, 2.24) is 4.90 Å². The maximum Gasteiger partial charge on any atom is 0.269 e. The van der Waals surface area contributed by atoms with Gasteiger partial charge in [0.15, 0.2) is 0 Å². The molecule has 4 rings (SSSR count). The molecule has 2 heterocycles. The van der Waals surface area contributed by atoms with Gasteiger partial charge in [-0.2, -0.15) is 0 Å². The van der Waals surface area contributed by atoms with E-state index in [0.29, 0.717) is 18.0 Å². The highest BCUT2D eigenvalue weighted by Crippen LogP contribution is 2.46. The van der Waals surface area contributed by atoms with Crippen LogP contribution >= 0.6 is 11.6 Å². The molecule has 138 valence electrons. The summed E-state index contributed by atoms with van der Waals surface area (Å²) in [6.07, 6.45) is 3.50. The summed E-state index contributed by atoms with van der Waals surface area (Å²) in [4.78, 5) is 12.9. The number of nitro benzene ring substituents is 1. The fourth-order valence-electron chi connectivity index (χ4n) is 4.55. The van der Waals surface area contributed by atoms with Crippen LogP contribution in [0, 0.1) is 27.9 Å². The Balaban J connectivity index is 1.64. The molecule has 2 fully saturated rings. The summed E-state index contributed by atoms with van der Waals surface area (Å²) in [5.74, 6) is 7.41. The van der Waals surface area contributed by atoms with E-state index < -0.39 is 0 Å². The number of nitrogens with zero attached hydrogens (tertiary/aromatic N) is 2. The minimum atomic E-state index is -0.386. The van der Waals surface area contributed by atoms with Gasteiger partial charge in [-0.1, -0.05) is 35.6 Å². The van der Waals surface area contributed by atoms with Crippen molar-refractivity contribution in [2.75, 3.05) is 7.05 Å². The molecule has 2 unspecified atom stereocenters. The van der Waals surface area contributed by atoms with Crippen LogP contribution in [0.25, 0.3) is 0 Å². The molecular weight excluding hydrogens is 360 g/mol. The Kier molecular flexibility index (Phi) is 4.90. The third kappa shape index (κ3) is 3.58. The summed E-state index contributed by atoms with van der Waals surface area (Å²) in [5, 5.41) is 11.6. The van der Waals surface area contributed by atoms with E-state index in [4.69, 9.17) is 11.6 Å². The summed E-state index contributed by atoms with van der Waals surface area (Å²) in [5.41, 5.74) is 2.21. The van der Waals surface area contributed by atoms with Crippen molar-refractivity contribution in [3.8, 4) is 11.8 Å². The highest BCUT2D eigenvalue weighted by molar-refractivity contribution is 6.30. The molecular formula is C22H21ClN2O2. The standard InChI is InChI=1S/C22H21ClN2O2/c1-24-19-11-13-22(24)20(21(14-19)16-5-7-17(23)8-6-16)12-4-15-2-9-18(10-3-15)25(26)27/h2-3,5-10,19-22H,11,13-14H2,1H3/t19?,20-,21+,22?/m0/s1. The van der Waals surface area contributed by atoms with Crippen molar-refractivity contribution in [2.45, 2.75) is 37.3 Å². The van der Waals surface area contributed by atoms with Crippen LogP contribution in [0.5, 0.6) is 0 Å². The zero-order valence-electron chi connectivity index (χ0n) is 15.1. The first-order chi connectivity index (χ1) is 13.0. The van der Waals surface area contributed by atoms with Gasteiger partial charge in [0.25, 0.3) is 5.69 Å². The molecule has 0 N–H and O–H groups in total. The van der Waals surface area contributed by atoms with Crippen LogP contribution in [0.2, 0.25) is 5.02 Å². The monoisotopic (exact) mass is 380 g/mol. The Morgan fingerprint density at radius 1 is 1.11 bits per heavy atom. The highest BCUT2D eigenvalue weighted by Gasteiger charge is 2.45. The van der Waals surface area contributed by atoms with Crippen LogP contribution in [0.4, 0.5) is 5.69 Å². The van der Waals surface area contributed by atoms with Crippen LogP contribution < -0.4 is 0 Å². The molecule has 4 atom stereocenters. The van der Waals surface area contributed by atoms with Gasteiger partial charge in [0.05, 0.1) is 4.92 Å². The minimum Gasteiger partial charge on any atom is -0.299 e. The summed E-state index contributed by atoms with van der Waals surface area (Å²) in [7, 11) is 2.21. The number of halogens is 1. The Morgan fingerprint density at radius 3 is 2.48 bits per heavy atom. The number of fused-ring (bicyclic) bond motifs is 2. The third-order valence-electron chi connectivity index (χ3n) is 6.03. The van der Waals surface area contributed by atoms with Crippen LogP contribution in [-0.4, -0.2) is 29.0 Å². The second kappa shape index (κ2) is 7.34. The maximum absolute atomic E-state index is 10.8. The predicted octanol–water partition coefficient (Wildman–Crippen LogP) is 4.87. The molecule has 2 aromatic rings. The van der Waals surface area contributed by atoms with E-state index in [1.165, 1.54) is 30.5 Å². The molecule has 2 aromatic carbocycles. The zero-order valence-corrected chi connectivity index (χ0v) is 15.9. The van der Waals surface area contributed by atoms with E-state index in [9.17, 15) is 10.1 Å². The SMILES string of the molecule is CN1C2CCC1[C@@H](C#Cc1ccc([N+](=O)[O-])cc1)[C@@H](c1ccc(Cl)cc1)C2. The van der Waals surface area contributed by atoms with Crippen molar-refractivity contribution < 1.29 is 4.92 Å². The summed E-state index contributed by atoms with van der Waals surface area (Å²) < 4.78 is 0. The molecule has 27 heavy (non-hydrogen) atoms. The van der Waals surface area contributed by atoms with Gasteiger partial charge in [-0.05, 0) is 56.1 Å². The van der Waals surface area contributed by atoms with Gasteiger partial charge >= 0.3 is 0 Å². The van der Waals surface area contributed by atoms with Gasteiger partial charge in [-0.15, -0.1) is 0 Å². The third-order valence-corrected chi connectivity index (χ3v) is 6.28. The first kappa shape index (κ1) is 18.0. The number of benzene rings is 2. The Bertz CT molecular complexity index is 899. The topological polar surface area (TPSA) is 46.4 Å². The number of hydrogen-bond donors (Lipinski definition) is 0. The largest absolute Gasteiger partial charge is 0.299 e. The lowest BCUT2D eigenvalue weighted by Gasteiger charge is -2.41. The average Bonchev–Trinajstić information content (AvgIpc) is 2.91. The lowest BCUT2D eigenvalue weighted by molar-refractivity contribution is -0.384. The molecule has 0 aromatic heterocycles. The van der Waals surface area contributed by atoms with Crippen LogP contribution in [0.1, 0.15) is 36.3 Å². The van der Waals surface area contributed by atoms with Gasteiger partial charge in [0.1, 0.15) is 0 Å². The van der Waals surface area contributed by atoms with Crippen molar-refractivity contribution in [3.05, 3.63) is 74.8 Å². The maximum atomic E-state index is 10.8. The highest BCUT2D eigenvalue weighted by atomic mass is 35.5. The van der Waals surface area contributed by atoms with E-state index in [1.54, 1.807) is 12.1 Å². The number of rotatable bonds is 2. The second-order valence-corrected chi connectivity index (χ2v) is 7.89. The molecule has 0 amide bonds. The lowest BCUT2D eigenvalue weighted by Crippen LogP contribution is -2.45. The number of hydrogen-bond acceptors (Lipinski definition) is 3. The van der Waals surface area contributed by atoms with Gasteiger partial charge in [-0.3, -0.25) is 15.0 Å². The van der Waals surface area contributed by atoms with Crippen LogP contribution in [0.15, 0.2) is 48.5 Å². The van der Waals surface area contributed by atoms with Crippen LogP contribution in [0.3, 0.4) is 0 Å². The summed E-state index contributed by atoms with van der Waals surface area (Å²) in [6.45, 7) is 0. The fourth-order valence-corrected chi connectivity index (χ4v) is 4.68. The molecule has 0 radical (unpaired) electrons. The molecule has 2 bridgehead atoms. The van der Waals surface area contributed by atoms with Gasteiger partial charge in [0.2, 0.25) is 0 Å². The molecule has 0 saturated carbocycles. The summed E-state index contributed by atoms with van der Waals surface area (Å²) >= 11 is 6.07. The van der Waals surface area contributed by atoms with E-state index in [1.807, 2.05) is 12.1 Å². The second-order valence-electron chi connectivity index (χ2n) is 7.46. The normalized spacial score (nSPS) is 27.0. The van der Waals surface area contributed by atoms with E-state index in [-0.39, 0.29) is 16.5 Å². The van der Waals surface area contributed by atoms with E-state index in [2.05, 4.69) is 35.9 Å². The van der Waals surface area contributed by atoms with Gasteiger partial charge in [0, 0.05) is 46.6 Å². The Morgan fingerprint density at radius 2 is 1.81 bits per heavy atom. The first-order valence-electron chi connectivity index (χ1n) is 9.26. The van der Waals surface area contributed by atoms with Crippen molar-refractivity contribution >= 4 is 17.3 Å². The summed E-state index contributed by atoms with van der Waals surface area (Å²) in [6, 6.07) is 15.7. The first-order valence-corrected chi connectivity index (χ1v) is 9.64. The zero-order chi connectivity index (χ0) is 19.0. The fraction of sp³-hybridized carbons (Fsp3) is 0.364. The molecule has 0 spiro atoms. The van der Waals surface area contributed by atoms with E-state index >= 15 is 0 Å². The smallest absolute Gasteiger partial charge is 0.269 e. The van der Waals surface area contributed by atoms with Crippen molar-refractivity contribution in [2.24, 2.45) is 5.92 Å². The quantitative estimate of drug-likeness (QED) is 0.424. The lowest BCUT2D eigenvalue weighted by atomic mass is 9.76. The Labute approximate surface area is 164 Å². The molecule has 4 nitrogen and oxygen atoms in total. The predicted molar refractivity (Wildman–Crippen MR) is 107 cm³/mol. The van der Waals surface area contributed by atoms with Crippen molar-refractivity contribution in [3.63, 3.8) is 0 Å². The minimum absolute atomic E-state index is 0.0932. The molecule has 2 aliphatic heterocycles. The van der Waals surface area contributed by atoms with E-state index in [0.717, 1.165) is 17.0 Å². The number of nitro groups is 1. The van der Waals surface area contributed by atoms with Gasteiger partial charge < -0.3 is 0 Å². The number of piperidine rings is 1. The molecule has 2 saturated heterocycles.